The second-order valence-electron chi connectivity index (χ2n) is 6.07. The molecular formula is C16H18N6OS2. The van der Waals surface area contributed by atoms with Crippen molar-refractivity contribution in [2.24, 2.45) is 7.05 Å². The zero-order chi connectivity index (χ0) is 17.2. The van der Waals surface area contributed by atoms with Crippen LogP contribution in [0.2, 0.25) is 0 Å². The number of likely N-dealkylation sites (tertiary alicyclic amines) is 1. The maximum absolute atomic E-state index is 12.6. The molecule has 4 rings (SSSR count). The van der Waals surface area contributed by atoms with Gasteiger partial charge >= 0.3 is 0 Å². The van der Waals surface area contributed by atoms with Crippen LogP contribution in [0.1, 0.15) is 23.8 Å². The standard InChI is InChI=1S/C16H18N6OS2/c1-21-16(18-19-20-21)24-10-14(23)22-8-4-5-11(9-22)15-17-12-6-2-3-7-13(12)25-15/h2-3,6-7,11H,4-5,8-10H2,1H3/t11-/m1/s1. The number of aryl methyl sites for hydroxylation is 1. The number of rotatable bonds is 4. The van der Waals surface area contributed by atoms with Crippen LogP contribution in [0, 0.1) is 0 Å². The number of carbonyl (C=O) groups is 1. The molecule has 0 aliphatic carbocycles. The first kappa shape index (κ1) is 16.5. The van der Waals surface area contributed by atoms with Crippen molar-refractivity contribution in [3.8, 4) is 0 Å². The van der Waals surface area contributed by atoms with Gasteiger partial charge < -0.3 is 4.90 Å². The van der Waals surface area contributed by atoms with Crippen LogP contribution in [0.4, 0.5) is 0 Å². The minimum atomic E-state index is 0.138. The predicted octanol–water partition coefficient (Wildman–Crippen LogP) is 2.32. The molecule has 1 aliphatic rings. The summed E-state index contributed by atoms with van der Waals surface area (Å²) in [6, 6.07) is 8.21. The van der Waals surface area contributed by atoms with Crippen molar-refractivity contribution in [3.05, 3.63) is 29.3 Å². The highest BCUT2D eigenvalue weighted by Gasteiger charge is 2.27. The Morgan fingerprint density at radius 2 is 2.28 bits per heavy atom. The number of nitrogens with zero attached hydrogens (tertiary/aromatic N) is 6. The molecule has 1 aromatic carbocycles. The Morgan fingerprint density at radius 3 is 3.08 bits per heavy atom. The summed E-state index contributed by atoms with van der Waals surface area (Å²) >= 11 is 3.13. The van der Waals surface area contributed by atoms with E-state index in [0.29, 0.717) is 16.8 Å². The molecule has 0 spiro atoms. The Morgan fingerprint density at radius 1 is 1.40 bits per heavy atom. The number of carbonyl (C=O) groups excluding carboxylic acids is 1. The number of hydrogen-bond donors (Lipinski definition) is 0. The van der Waals surface area contributed by atoms with Gasteiger partial charge in [-0.25, -0.2) is 9.67 Å². The molecule has 3 heterocycles. The molecule has 0 unspecified atom stereocenters. The van der Waals surface area contributed by atoms with Crippen molar-refractivity contribution in [2.75, 3.05) is 18.8 Å². The van der Waals surface area contributed by atoms with Gasteiger partial charge in [-0.15, -0.1) is 16.4 Å². The number of thiazole rings is 1. The minimum absolute atomic E-state index is 0.138. The SMILES string of the molecule is Cn1nnnc1SCC(=O)N1CCC[C@@H](c2nc3ccccc3s2)C1. The van der Waals surface area contributed by atoms with E-state index in [4.69, 9.17) is 4.98 Å². The van der Waals surface area contributed by atoms with Crippen LogP contribution in [-0.2, 0) is 11.8 Å². The average molecular weight is 374 g/mol. The van der Waals surface area contributed by atoms with E-state index >= 15 is 0 Å². The third-order valence-electron chi connectivity index (χ3n) is 4.34. The van der Waals surface area contributed by atoms with Gasteiger partial charge in [0.05, 0.1) is 21.0 Å². The van der Waals surface area contributed by atoms with E-state index in [-0.39, 0.29) is 5.91 Å². The molecule has 1 fully saturated rings. The summed E-state index contributed by atoms with van der Waals surface area (Å²) in [6.07, 6.45) is 2.10. The largest absolute Gasteiger partial charge is 0.341 e. The third kappa shape index (κ3) is 3.52. The molecule has 1 amide bonds. The Balaban J connectivity index is 1.41. The highest BCUT2D eigenvalue weighted by molar-refractivity contribution is 7.99. The van der Waals surface area contributed by atoms with Gasteiger partial charge in [-0.05, 0) is 35.4 Å². The number of benzene rings is 1. The molecule has 25 heavy (non-hydrogen) atoms. The molecule has 0 N–H and O–H groups in total. The minimum Gasteiger partial charge on any atom is -0.341 e. The molecule has 2 aromatic heterocycles. The second-order valence-corrected chi connectivity index (χ2v) is 8.08. The van der Waals surface area contributed by atoms with Gasteiger partial charge in [-0.1, -0.05) is 23.9 Å². The summed E-state index contributed by atoms with van der Waals surface area (Å²) in [4.78, 5) is 19.3. The summed E-state index contributed by atoms with van der Waals surface area (Å²) in [7, 11) is 1.77. The number of aromatic nitrogens is 5. The van der Waals surface area contributed by atoms with Crippen LogP contribution in [0.3, 0.4) is 0 Å². The molecule has 9 heteroatoms. The van der Waals surface area contributed by atoms with E-state index in [1.807, 2.05) is 23.1 Å². The number of amides is 1. The van der Waals surface area contributed by atoms with Gasteiger partial charge in [0.25, 0.3) is 0 Å². The second kappa shape index (κ2) is 7.09. The molecule has 1 saturated heterocycles. The van der Waals surface area contributed by atoms with Gasteiger partial charge in [0.15, 0.2) is 0 Å². The van der Waals surface area contributed by atoms with E-state index in [0.717, 1.165) is 36.5 Å². The first-order valence-corrected chi connectivity index (χ1v) is 9.99. The van der Waals surface area contributed by atoms with Crippen LogP contribution in [0.25, 0.3) is 10.2 Å². The number of hydrogen-bond acceptors (Lipinski definition) is 7. The lowest BCUT2D eigenvalue weighted by molar-refractivity contribution is -0.129. The van der Waals surface area contributed by atoms with Gasteiger partial charge in [0.1, 0.15) is 0 Å². The topological polar surface area (TPSA) is 76.8 Å². The fourth-order valence-electron chi connectivity index (χ4n) is 3.03. The average Bonchev–Trinajstić information content (AvgIpc) is 3.25. The molecular weight excluding hydrogens is 356 g/mol. The fraction of sp³-hybridized carbons (Fsp3) is 0.438. The maximum atomic E-state index is 12.6. The number of para-hydroxylation sites is 1. The summed E-state index contributed by atoms with van der Waals surface area (Å²) in [5, 5.41) is 13.1. The van der Waals surface area contributed by atoms with Crippen molar-refractivity contribution in [3.63, 3.8) is 0 Å². The van der Waals surface area contributed by atoms with Gasteiger partial charge in [0, 0.05) is 26.1 Å². The highest BCUT2D eigenvalue weighted by atomic mass is 32.2. The van der Waals surface area contributed by atoms with Crippen LogP contribution in [0.15, 0.2) is 29.4 Å². The van der Waals surface area contributed by atoms with E-state index in [2.05, 4.69) is 21.6 Å². The van der Waals surface area contributed by atoms with Crippen LogP contribution >= 0.6 is 23.1 Å². The lowest BCUT2D eigenvalue weighted by atomic mass is 9.99. The van der Waals surface area contributed by atoms with E-state index in [1.54, 1.807) is 23.1 Å². The predicted molar refractivity (Wildman–Crippen MR) is 97.7 cm³/mol. The van der Waals surface area contributed by atoms with Crippen LogP contribution < -0.4 is 0 Å². The number of fused-ring (bicyclic) bond motifs is 1. The van der Waals surface area contributed by atoms with Crippen molar-refractivity contribution >= 4 is 39.2 Å². The summed E-state index contributed by atoms with van der Waals surface area (Å²) in [5.74, 6) is 0.830. The highest BCUT2D eigenvalue weighted by Crippen LogP contribution is 2.33. The lowest BCUT2D eigenvalue weighted by Gasteiger charge is -2.31. The van der Waals surface area contributed by atoms with Gasteiger partial charge in [-0.3, -0.25) is 4.79 Å². The molecule has 7 nitrogen and oxygen atoms in total. The van der Waals surface area contributed by atoms with E-state index < -0.39 is 0 Å². The molecule has 0 bridgehead atoms. The molecule has 1 atom stereocenters. The fourth-order valence-corrected chi connectivity index (χ4v) is 4.88. The van der Waals surface area contributed by atoms with Gasteiger partial charge in [-0.2, -0.15) is 0 Å². The lowest BCUT2D eigenvalue weighted by Crippen LogP contribution is -2.40. The Labute approximate surface area is 153 Å². The molecule has 0 radical (unpaired) electrons. The van der Waals surface area contributed by atoms with Crippen LogP contribution in [0.5, 0.6) is 0 Å². The smallest absolute Gasteiger partial charge is 0.233 e. The summed E-state index contributed by atoms with van der Waals surface area (Å²) in [5.41, 5.74) is 1.05. The Hall–Kier alpha value is -2.00. The Bertz CT molecular complexity index is 859. The first-order valence-electron chi connectivity index (χ1n) is 8.19. The zero-order valence-corrected chi connectivity index (χ0v) is 15.5. The normalized spacial score (nSPS) is 18.0. The summed E-state index contributed by atoms with van der Waals surface area (Å²) < 4.78 is 2.80. The molecule has 130 valence electrons. The van der Waals surface area contributed by atoms with E-state index in [1.165, 1.54) is 16.5 Å². The number of piperidine rings is 1. The quantitative estimate of drug-likeness (QED) is 0.652. The molecule has 3 aromatic rings. The van der Waals surface area contributed by atoms with Crippen molar-refractivity contribution in [2.45, 2.75) is 23.9 Å². The molecule has 0 saturated carbocycles. The van der Waals surface area contributed by atoms with Crippen molar-refractivity contribution in [1.82, 2.24) is 30.1 Å². The molecule has 1 aliphatic heterocycles. The van der Waals surface area contributed by atoms with Crippen molar-refractivity contribution < 1.29 is 4.79 Å². The zero-order valence-electron chi connectivity index (χ0n) is 13.8. The first-order chi connectivity index (χ1) is 12.2. The number of tetrazole rings is 1. The Kier molecular flexibility index (Phi) is 4.67. The van der Waals surface area contributed by atoms with Crippen molar-refractivity contribution in [1.29, 1.82) is 0 Å². The van der Waals surface area contributed by atoms with Crippen LogP contribution in [-0.4, -0.2) is 54.8 Å². The number of thioether (sulfide) groups is 1. The van der Waals surface area contributed by atoms with E-state index in [9.17, 15) is 4.79 Å². The van der Waals surface area contributed by atoms with Gasteiger partial charge in [0.2, 0.25) is 11.1 Å². The maximum Gasteiger partial charge on any atom is 0.233 e. The summed E-state index contributed by atoms with van der Waals surface area (Å²) in [6.45, 7) is 1.56. The third-order valence-corrected chi connectivity index (χ3v) is 6.53. The monoisotopic (exact) mass is 374 g/mol.